The summed E-state index contributed by atoms with van der Waals surface area (Å²) in [4.78, 5) is 3.01. The second kappa shape index (κ2) is 4.47. The lowest BCUT2D eigenvalue weighted by molar-refractivity contribution is 0.0587. The third kappa shape index (κ3) is 1.92. The molecule has 0 bridgehead atoms. The molecule has 1 unspecified atom stereocenters. The largest absolute Gasteiger partial charge is 0.381 e. The summed E-state index contributed by atoms with van der Waals surface area (Å²) in [5, 5.41) is 0. The van der Waals surface area contributed by atoms with Crippen molar-refractivity contribution >= 4 is 11.3 Å². The van der Waals surface area contributed by atoms with Gasteiger partial charge in [0.15, 0.2) is 0 Å². The SMILES string of the molecule is NC(c1cc2c(s1)CCC2)C1CCOCC1. The highest BCUT2D eigenvalue weighted by Crippen LogP contribution is 2.37. The molecule has 0 amide bonds. The van der Waals surface area contributed by atoms with E-state index in [1.807, 2.05) is 11.3 Å². The predicted octanol–water partition coefficient (Wildman–Crippen LogP) is 2.66. The first-order valence-corrected chi connectivity index (χ1v) is 7.11. The van der Waals surface area contributed by atoms with Crippen LogP contribution in [0.1, 0.15) is 40.6 Å². The van der Waals surface area contributed by atoms with Gasteiger partial charge in [0.25, 0.3) is 0 Å². The van der Waals surface area contributed by atoms with Gasteiger partial charge in [0.2, 0.25) is 0 Å². The van der Waals surface area contributed by atoms with E-state index in [1.54, 1.807) is 10.4 Å². The molecule has 1 fully saturated rings. The van der Waals surface area contributed by atoms with Crippen LogP contribution in [0.5, 0.6) is 0 Å². The summed E-state index contributed by atoms with van der Waals surface area (Å²) in [6, 6.07) is 2.62. The molecule has 1 aliphatic heterocycles. The lowest BCUT2D eigenvalue weighted by Crippen LogP contribution is -2.26. The Morgan fingerprint density at radius 1 is 1.31 bits per heavy atom. The smallest absolute Gasteiger partial charge is 0.0469 e. The van der Waals surface area contributed by atoms with Crippen LogP contribution in [0.3, 0.4) is 0 Å². The Balaban J connectivity index is 1.75. The maximum absolute atomic E-state index is 6.39. The topological polar surface area (TPSA) is 35.2 Å². The van der Waals surface area contributed by atoms with Crippen molar-refractivity contribution in [2.75, 3.05) is 13.2 Å². The Morgan fingerprint density at radius 2 is 2.12 bits per heavy atom. The highest BCUT2D eigenvalue weighted by atomic mass is 32.1. The Hall–Kier alpha value is -0.380. The molecule has 1 aliphatic carbocycles. The summed E-state index contributed by atoms with van der Waals surface area (Å²) >= 11 is 1.96. The zero-order valence-corrected chi connectivity index (χ0v) is 10.4. The first-order chi connectivity index (χ1) is 7.84. The average Bonchev–Trinajstić information content (AvgIpc) is 2.89. The summed E-state index contributed by atoms with van der Waals surface area (Å²) in [6.45, 7) is 1.78. The molecule has 1 aromatic rings. The van der Waals surface area contributed by atoms with Crippen LogP contribution in [0.25, 0.3) is 0 Å². The van der Waals surface area contributed by atoms with Crippen molar-refractivity contribution in [3.05, 3.63) is 21.4 Å². The van der Waals surface area contributed by atoms with Gasteiger partial charge in [-0.2, -0.15) is 0 Å². The summed E-state index contributed by atoms with van der Waals surface area (Å²) in [6.07, 6.45) is 6.15. The predicted molar refractivity (Wildman–Crippen MR) is 66.8 cm³/mol. The Kier molecular flexibility index (Phi) is 3.01. The van der Waals surface area contributed by atoms with Gasteiger partial charge in [0, 0.05) is 29.0 Å². The molecule has 0 aromatic carbocycles. The summed E-state index contributed by atoms with van der Waals surface area (Å²) < 4.78 is 5.39. The molecule has 1 saturated heterocycles. The van der Waals surface area contributed by atoms with Crippen LogP contribution in [0.2, 0.25) is 0 Å². The second-order valence-electron chi connectivity index (χ2n) is 4.93. The van der Waals surface area contributed by atoms with Gasteiger partial charge in [-0.05, 0) is 49.7 Å². The molecule has 0 spiro atoms. The van der Waals surface area contributed by atoms with Gasteiger partial charge in [-0.1, -0.05) is 0 Å². The van der Waals surface area contributed by atoms with Crippen molar-refractivity contribution in [1.29, 1.82) is 0 Å². The number of aryl methyl sites for hydroxylation is 2. The molecule has 1 aromatic heterocycles. The van der Waals surface area contributed by atoms with Crippen LogP contribution in [0.4, 0.5) is 0 Å². The van der Waals surface area contributed by atoms with Crippen molar-refractivity contribution in [2.45, 2.75) is 38.1 Å². The number of hydrogen-bond acceptors (Lipinski definition) is 3. The van der Waals surface area contributed by atoms with Gasteiger partial charge >= 0.3 is 0 Å². The number of fused-ring (bicyclic) bond motifs is 1. The fraction of sp³-hybridized carbons (Fsp3) is 0.692. The maximum Gasteiger partial charge on any atom is 0.0469 e. The molecule has 1 atom stereocenters. The van der Waals surface area contributed by atoms with E-state index in [2.05, 4.69) is 6.07 Å². The van der Waals surface area contributed by atoms with Gasteiger partial charge in [-0.25, -0.2) is 0 Å². The van der Waals surface area contributed by atoms with Crippen LogP contribution in [0.15, 0.2) is 6.07 Å². The van der Waals surface area contributed by atoms with Crippen molar-refractivity contribution in [3.8, 4) is 0 Å². The minimum absolute atomic E-state index is 0.250. The fourth-order valence-electron chi connectivity index (χ4n) is 2.82. The Labute approximate surface area is 101 Å². The molecule has 2 heterocycles. The van der Waals surface area contributed by atoms with Crippen molar-refractivity contribution in [2.24, 2.45) is 11.7 Å². The highest BCUT2D eigenvalue weighted by molar-refractivity contribution is 7.12. The minimum Gasteiger partial charge on any atom is -0.381 e. The highest BCUT2D eigenvalue weighted by Gasteiger charge is 2.25. The normalized spacial score (nSPS) is 23.3. The van der Waals surface area contributed by atoms with E-state index < -0.39 is 0 Å². The summed E-state index contributed by atoms with van der Waals surface area (Å²) in [5.41, 5.74) is 7.96. The fourth-order valence-corrected chi connectivity index (χ4v) is 4.18. The Morgan fingerprint density at radius 3 is 2.88 bits per heavy atom. The van der Waals surface area contributed by atoms with Crippen LogP contribution in [0, 0.1) is 5.92 Å². The van der Waals surface area contributed by atoms with Gasteiger partial charge in [-0.15, -0.1) is 11.3 Å². The first kappa shape index (κ1) is 10.8. The lowest BCUT2D eigenvalue weighted by Gasteiger charge is -2.26. The van der Waals surface area contributed by atoms with E-state index in [9.17, 15) is 0 Å². The zero-order valence-electron chi connectivity index (χ0n) is 9.58. The Bertz CT molecular complexity index is 347. The van der Waals surface area contributed by atoms with E-state index in [-0.39, 0.29) is 6.04 Å². The number of thiophene rings is 1. The average molecular weight is 237 g/mol. The van der Waals surface area contributed by atoms with Gasteiger partial charge < -0.3 is 10.5 Å². The van der Waals surface area contributed by atoms with E-state index >= 15 is 0 Å². The molecule has 3 rings (SSSR count). The minimum atomic E-state index is 0.250. The van der Waals surface area contributed by atoms with Gasteiger partial charge in [0.05, 0.1) is 0 Å². The van der Waals surface area contributed by atoms with Gasteiger partial charge in [0.1, 0.15) is 0 Å². The number of ether oxygens (including phenoxy) is 1. The van der Waals surface area contributed by atoms with Crippen LogP contribution >= 0.6 is 11.3 Å². The molecule has 2 N–H and O–H groups in total. The molecule has 3 heteroatoms. The van der Waals surface area contributed by atoms with Crippen molar-refractivity contribution in [1.82, 2.24) is 0 Å². The van der Waals surface area contributed by atoms with E-state index in [0.29, 0.717) is 5.92 Å². The van der Waals surface area contributed by atoms with E-state index in [0.717, 1.165) is 26.1 Å². The molecule has 0 saturated carbocycles. The van der Waals surface area contributed by atoms with E-state index in [1.165, 1.54) is 24.1 Å². The second-order valence-corrected chi connectivity index (χ2v) is 6.09. The molecular weight excluding hydrogens is 218 g/mol. The van der Waals surface area contributed by atoms with Crippen LogP contribution in [-0.4, -0.2) is 13.2 Å². The molecule has 0 radical (unpaired) electrons. The summed E-state index contributed by atoms with van der Waals surface area (Å²) in [7, 11) is 0. The van der Waals surface area contributed by atoms with E-state index in [4.69, 9.17) is 10.5 Å². The lowest BCUT2D eigenvalue weighted by atomic mass is 9.91. The van der Waals surface area contributed by atoms with Crippen LogP contribution < -0.4 is 5.73 Å². The quantitative estimate of drug-likeness (QED) is 0.858. The van der Waals surface area contributed by atoms with Crippen molar-refractivity contribution in [3.63, 3.8) is 0 Å². The third-order valence-electron chi connectivity index (χ3n) is 3.87. The molecule has 2 aliphatic rings. The number of hydrogen-bond donors (Lipinski definition) is 1. The zero-order chi connectivity index (χ0) is 11.0. The monoisotopic (exact) mass is 237 g/mol. The third-order valence-corrected chi connectivity index (χ3v) is 5.21. The maximum atomic E-state index is 6.39. The number of nitrogens with two attached hydrogens (primary N) is 1. The first-order valence-electron chi connectivity index (χ1n) is 6.29. The van der Waals surface area contributed by atoms with Crippen molar-refractivity contribution < 1.29 is 4.74 Å². The van der Waals surface area contributed by atoms with Crippen LogP contribution in [-0.2, 0) is 17.6 Å². The standard InChI is InChI=1S/C13H19NOS/c14-13(9-4-6-15-7-5-9)12-8-10-2-1-3-11(10)16-12/h8-9,13H,1-7,14H2. The van der Waals surface area contributed by atoms with Gasteiger partial charge in [-0.3, -0.25) is 0 Å². The molecule has 2 nitrogen and oxygen atoms in total. The number of rotatable bonds is 2. The summed E-state index contributed by atoms with van der Waals surface area (Å²) in [5.74, 6) is 0.632. The molecule has 16 heavy (non-hydrogen) atoms. The molecule has 88 valence electrons. The molecular formula is C13H19NOS.